The summed E-state index contributed by atoms with van der Waals surface area (Å²) in [6.07, 6.45) is 12.9. The number of aryl methyl sites for hydroxylation is 1. The van der Waals surface area contributed by atoms with Crippen LogP contribution in [0.15, 0.2) is 41.4 Å². The van der Waals surface area contributed by atoms with Crippen molar-refractivity contribution >= 4 is 33.3 Å². The Morgan fingerprint density at radius 1 is 1.03 bits per heavy atom. The Morgan fingerprint density at radius 2 is 1.76 bits per heavy atom. The topological polar surface area (TPSA) is 71.3 Å². The van der Waals surface area contributed by atoms with E-state index in [-0.39, 0.29) is 0 Å². The summed E-state index contributed by atoms with van der Waals surface area (Å²) in [5.74, 6) is 1.29. The minimum atomic E-state index is 0.520. The van der Waals surface area contributed by atoms with Gasteiger partial charge in [0.1, 0.15) is 5.75 Å². The van der Waals surface area contributed by atoms with Crippen LogP contribution in [-0.4, -0.2) is 64.0 Å². The fourth-order valence-electron chi connectivity index (χ4n) is 4.98. The van der Waals surface area contributed by atoms with Crippen molar-refractivity contribution in [3.63, 3.8) is 0 Å². The molecule has 0 amide bonds. The first-order valence-electron chi connectivity index (χ1n) is 11.6. The highest BCUT2D eigenvalue weighted by Crippen LogP contribution is 2.40. The number of nitrogens with one attached hydrogen (secondary N) is 1. The fraction of sp³-hybridized carbons (Fsp3) is 0.458. The van der Waals surface area contributed by atoms with Gasteiger partial charge in [-0.05, 0) is 34.8 Å². The maximum absolute atomic E-state index is 5.79. The van der Waals surface area contributed by atoms with Crippen LogP contribution in [0.1, 0.15) is 25.7 Å². The number of halogens is 1. The zero-order valence-electron chi connectivity index (χ0n) is 19.2. The maximum Gasteiger partial charge on any atom is 0.227 e. The van der Waals surface area contributed by atoms with Crippen LogP contribution >= 0.6 is 15.9 Å². The summed E-state index contributed by atoms with van der Waals surface area (Å²) in [5.41, 5.74) is 4.20. The Hall–Kier alpha value is -2.65. The van der Waals surface area contributed by atoms with Gasteiger partial charge in [-0.15, -0.1) is 0 Å². The molecule has 2 fully saturated rings. The zero-order valence-corrected chi connectivity index (χ0v) is 20.8. The Labute approximate surface area is 203 Å². The summed E-state index contributed by atoms with van der Waals surface area (Å²) in [5, 5.41) is 7.74. The normalized spacial score (nSPS) is 17.5. The summed E-state index contributed by atoms with van der Waals surface area (Å²) in [7, 11) is 3.65. The van der Waals surface area contributed by atoms with Crippen LogP contribution < -0.4 is 15.0 Å². The van der Waals surface area contributed by atoms with Gasteiger partial charge in [0.05, 0.1) is 23.5 Å². The number of benzene rings is 1. The largest absolute Gasteiger partial charge is 0.494 e. The third kappa shape index (κ3) is 4.84. The molecule has 1 N–H and O–H groups in total. The molecule has 0 atom stereocenters. The lowest BCUT2D eigenvalue weighted by Crippen LogP contribution is -2.49. The summed E-state index contributed by atoms with van der Waals surface area (Å²) in [4.78, 5) is 13.9. The molecule has 5 rings (SSSR count). The molecule has 1 saturated carbocycles. The molecule has 0 radical (unpaired) electrons. The summed E-state index contributed by atoms with van der Waals surface area (Å²) in [6, 6.07) is 5.03. The highest BCUT2D eigenvalue weighted by Gasteiger charge is 2.28. The molecule has 8 nitrogen and oxygen atoms in total. The first kappa shape index (κ1) is 22.2. The third-order valence-corrected chi connectivity index (χ3v) is 7.11. The molecule has 174 valence electrons. The van der Waals surface area contributed by atoms with Crippen LogP contribution in [0, 0.1) is 0 Å². The summed E-state index contributed by atoms with van der Waals surface area (Å²) >= 11 is 3.39. The van der Waals surface area contributed by atoms with Crippen LogP contribution in [0.3, 0.4) is 0 Å². The van der Waals surface area contributed by atoms with Gasteiger partial charge < -0.3 is 15.0 Å². The first-order chi connectivity index (χ1) is 16.1. The van der Waals surface area contributed by atoms with Crippen LogP contribution in [-0.2, 0) is 7.05 Å². The van der Waals surface area contributed by atoms with Gasteiger partial charge >= 0.3 is 0 Å². The van der Waals surface area contributed by atoms with Gasteiger partial charge in [0.15, 0.2) is 0 Å². The van der Waals surface area contributed by atoms with Crippen LogP contribution in [0.5, 0.6) is 5.75 Å². The molecule has 33 heavy (non-hydrogen) atoms. The van der Waals surface area contributed by atoms with Crippen molar-refractivity contribution in [2.45, 2.75) is 31.7 Å². The number of hydrogen-bond acceptors (Lipinski definition) is 7. The highest BCUT2D eigenvalue weighted by atomic mass is 79.9. The van der Waals surface area contributed by atoms with Crippen LogP contribution in [0.25, 0.3) is 11.1 Å². The van der Waals surface area contributed by atoms with E-state index in [2.05, 4.69) is 64.4 Å². The average Bonchev–Trinajstić information content (AvgIpc) is 3.53. The van der Waals surface area contributed by atoms with E-state index in [1.54, 1.807) is 19.5 Å². The third-order valence-electron chi connectivity index (χ3n) is 6.70. The lowest BCUT2D eigenvalue weighted by atomic mass is 10.0. The van der Waals surface area contributed by atoms with Gasteiger partial charge in [0.25, 0.3) is 0 Å². The standard InChI is InChI=1S/C24H30BrN7O/c1-30-16-17(13-28-30)20-11-21(29-24-26-14-18(25)15-27-24)23(33-2)12-22(20)32-9-7-31(8-10-32)19-5-3-4-6-19/h11-16,19H,3-10H2,1-2H3,(H,26,27,29). The molecule has 2 aromatic heterocycles. The highest BCUT2D eigenvalue weighted by molar-refractivity contribution is 9.10. The van der Waals surface area contributed by atoms with Crippen molar-refractivity contribution in [1.82, 2.24) is 24.6 Å². The van der Waals surface area contributed by atoms with Crippen molar-refractivity contribution in [2.24, 2.45) is 7.05 Å². The van der Waals surface area contributed by atoms with Gasteiger partial charge in [-0.1, -0.05) is 12.8 Å². The second-order valence-corrected chi connectivity index (χ2v) is 9.70. The van der Waals surface area contributed by atoms with Crippen molar-refractivity contribution in [1.29, 1.82) is 0 Å². The van der Waals surface area contributed by atoms with Crippen molar-refractivity contribution < 1.29 is 4.74 Å². The number of rotatable bonds is 6. The molecule has 2 aliphatic rings. The molecule has 3 heterocycles. The van der Waals surface area contributed by atoms with E-state index < -0.39 is 0 Å². The second-order valence-electron chi connectivity index (χ2n) is 8.78. The number of aromatic nitrogens is 4. The van der Waals surface area contributed by atoms with Crippen molar-refractivity contribution in [2.75, 3.05) is 43.5 Å². The molecule has 1 aliphatic heterocycles. The number of nitrogens with zero attached hydrogens (tertiary/aromatic N) is 6. The van der Waals surface area contributed by atoms with Gasteiger partial charge in [0.2, 0.25) is 5.95 Å². The lowest BCUT2D eigenvalue weighted by Gasteiger charge is -2.40. The molecule has 1 aromatic carbocycles. The summed E-state index contributed by atoms with van der Waals surface area (Å²) < 4.78 is 8.46. The van der Waals surface area contributed by atoms with E-state index in [0.717, 1.165) is 59.3 Å². The summed E-state index contributed by atoms with van der Waals surface area (Å²) in [6.45, 7) is 4.23. The van der Waals surface area contributed by atoms with E-state index in [1.165, 1.54) is 31.4 Å². The molecule has 9 heteroatoms. The predicted molar refractivity (Wildman–Crippen MR) is 134 cm³/mol. The molecule has 0 unspecified atom stereocenters. The minimum absolute atomic E-state index is 0.520. The smallest absolute Gasteiger partial charge is 0.227 e. The molecule has 1 saturated heterocycles. The van der Waals surface area contributed by atoms with Gasteiger partial charge in [-0.25, -0.2) is 9.97 Å². The van der Waals surface area contributed by atoms with Crippen molar-refractivity contribution in [3.05, 3.63) is 41.4 Å². The SMILES string of the molecule is COc1cc(N2CCN(C3CCCC3)CC2)c(-c2cnn(C)c2)cc1Nc1ncc(Br)cn1. The van der Waals surface area contributed by atoms with E-state index in [9.17, 15) is 0 Å². The predicted octanol–water partition coefficient (Wildman–Crippen LogP) is 4.46. The number of methoxy groups -OCH3 is 1. The van der Waals surface area contributed by atoms with E-state index in [4.69, 9.17) is 4.74 Å². The Kier molecular flexibility index (Phi) is 6.50. The van der Waals surface area contributed by atoms with Crippen LogP contribution in [0.4, 0.5) is 17.3 Å². The van der Waals surface area contributed by atoms with E-state index in [0.29, 0.717) is 5.95 Å². The lowest BCUT2D eigenvalue weighted by molar-refractivity contribution is 0.187. The van der Waals surface area contributed by atoms with Crippen molar-refractivity contribution in [3.8, 4) is 16.9 Å². The van der Waals surface area contributed by atoms with E-state index >= 15 is 0 Å². The maximum atomic E-state index is 5.79. The quantitative estimate of drug-likeness (QED) is 0.523. The van der Waals surface area contributed by atoms with Crippen LogP contribution in [0.2, 0.25) is 0 Å². The van der Waals surface area contributed by atoms with Gasteiger partial charge in [-0.2, -0.15) is 5.10 Å². The molecule has 3 aromatic rings. The zero-order chi connectivity index (χ0) is 22.8. The molecule has 1 aliphatic carbocycles. The number of ether oxygens (including phenoxy) is 1. The van der Waals surface area contributed by atoms with E-state index in [1.807, 2.05) is 17.9 Å². The monoisotopic (exact) mass is 511 g/mol. The minimum Gasteiger partial charge on any atom is -0.494 e. The second kappa shape index (κ2) is 9.69. The number of piperazine rings is 1. The van der Waals surface area contributed by atoms with Gasteiger partial charge in [0, 0.05) is 80.7 Å². The number of hydrogen-bond donors (Lipinski definition) is 1. The molecule has 0 spiro atoms. The fourth-order valence-corrected chi connectivity index (χ4v) is 5.19. The Balaban J connectivity index is 1.46. The molecular weight excluding hydrogens is 482 g/mol. The Morgan fingerprint density at radius 3 is 2.39 bits per heavy atom. The average molecular weight is 512 g/mol. The molecule has 0 bridgehead atoms. The molecular formula is C24H30BrN7O. The number of anilines is 3. The first-order valence-corrected chi connectivity index (χ1v) is 12.3. The Bertz CT molecular complexity index is 1090. The van der Waals surface area contributed by atoms with Gasteiger partial charge in [-0.3, -0.25) is 9.58 Å².